The summed E-state index contributed by atoms with van der Waals surface area (Å²) in [6.45, 7) is 0. The highest BCUT2D eigenvalue weighted by atomic mass is 19.1. The highest BCUT2D eigenvalue weighted by Gasteiger charge is 2.17. The minimum atomic E-state index is -0.294. The summed E-state index contributed by atoms with van der Waals surface area (Å²) in [4.78, 5) is 12.5. The van der Waals surface area contributed by atoms with Crippen molar-refractivity contribution < 1.29 is 13.9 Å². The van der Waals surface area contributed by atoms with Crippen LogP contribution in [-0.2, 0) is 4.79 Å². The van der Waals surface area contributed by atoms with Gasteiger partial charge in [-0.25, -0.2) is 4.39 Å². The molecular weight excluding hydrogens is 319 g/mol. The molecule has 0 aliphatic heterocycles. The molecular formula is C20H19FN2O2. The van der Waals surface area contributed by atoms with E-state index >= 15 is 0 Å². The zero-order chi connectivity index (χ0) is 17.6. The maximum absolute atomic E-state index is 13.2. The van der Waals surface area contributed by atoms with E-state index in [4.69, 9.17) is 4.74 Å². The van der Waals surface area contributed by atoms with Crippen LogP contribution in [0.3, 0.4) is 0 Å². The number of halogens is 1. The van der Waals surface area contributed by atoms with Crippen LogP contribution in [0.1, 0.15) is 18.0 Å². The van der Waals surface area contributed by atoms with Gasteiger partial charge in [-0.15, -0.1) is 0 Å². The number of nitrogens with zero attached hydrogens (tertiary/aromatic N) is 1. The third-order valence-electron chi connectivity index (χ3n) is 3.99. The van der Waals surface area contributed by atoms with Crippen LogP contribution >= 0.6 is 0 Å². The van der Waals surface area contributed by atoms with Gasteiger partial charge in [0.2, 0.25) is 5.91 Å². The van der Waals surface area contributed by atoms with E-state index in [1.54, 1.807) is 43.5 Å². The Morgan fingerprint density at radius 3 is 2.32 bits per heavy atom. The number of benzene rings is 2. The highest BCUT2D eigenvalue weighted by molar-refractivity contribution is 5.91. The standard InChI is InChI=1S/C20H19FN2O2/c1-25-18-10-8-17(9-11-18)22-20(24)14-19(23-12-2-3-13-23)15-4-6-16(21)7-5-15/h2-13,19H,14H2,1H3,(H,22,24). The Labute approximate surface area is 145 Å². The fourth-order valence-electron chi connectivity index (χ4n) is 2.70. The molecule has 5 heteroatoms. The second-order valence-corrected chi connectivity index (χ2v) is 5.68. The van der Waals surface area contributed by atoms with Gasteiger partial charge in [-0.05, 0) is 54.1 Å². The Kier molecular flexibility index (Phi) is 5.14. The van der Waals surface area contributed by atoms with Gasteiger partial charge >= 0.3 is 0 Å². The smallest absolute Gasteiger partial charge is 0.226 e. The number of nitrogens with one attached hydrogen (secondary N) is 1. The van der Waals surface area contributed by atoms with E-state index in [1.165, 1.54) is 12.1 Å². The van der Waals surface area contributed by atoms with Crippen LogP contribution < -0.4 is 10.1 Å². The molecule has 3 rings (SSSR count). The topological polar surface area (TPSA) is 43.3 Å². The first-order valence-electron chi connectivity index (χ1n) is 7.97. The highest BCUT2D eigenvalue weighted by Crippen LogP contribution is 2.24. The molecule has 0 saturated carbocycles. The molecule has 128 valence electrons. The fourth-order valence-corrected chi connectivity index (χ4v) is 2.70. The number of amides is 1. The predicted octanol–water partition coefficient (Wildman–Crippen LogP) is 4.25. The summed E-state index contributed by atoms with van der Waals surface area (Å²) in [5, 5.41) is 2.88. The monoisotopic (exact) mass is 338 g/mol. The molecule has 1 unspecified atom stereocenters. The quantitative estimate of drug-likeness (QED) is 0.730. The van der Waals surface area contributed by atoms with E-state index in [9.17, 15) is 9.18 Å². The Balaban J connectivity index is 1.75. The van der Waals surface area contributed by atoms with E-state index < -0.39 is 0 Å². The van der Waals surface area contributed by atoms with Crippen molar-refractivity contribution in [3.63, 3.8) is 0 Å². The van der Waals surface area contributed by atoms with Crippen molar-refractivity contribution in [2.75, 3.05) is 12.4 Å². The first-order chi connectivity index (χ1) is 12.2. The lowest BCUT2D eigenvalue weighted by molar-refractivity contribution is -0.116. The van der Waals surface area contributed by atoms with Crippen molar-refractivity contribution in [2.24, 2.45) is 0 Å². The summed E-state index contributed by atoms with van der Waals surface area (Å²) < 4.78 is 20.3. The predicted molar refractivity (Wildman–Crippen MR) is 95.2 cm³/mol. The minimum absolute atomic E-state index is 0.117. The van der Waals surface area contributed by atoms with Crippen molar-refractivity contribution in [3.8, 4) is 5.75 Å². The van der Waals surface area contributed by atoms with Gasteiger partial charge in [-0.2, -0.15) is 0 Å². The molecule has 0 bridgehead atoms. The average Bonchev–Trinajstić information content (AvgIpc) is 3.15. The molecule has 1 heterocycles. The van der Waals surface area contributed by atoms with E-state index in [2.05, 4.69) is 5.32 Å². The molecule has 0 aliphatic rings. The lowest BCUT2D eigenvalue weighted by atomic mass is 10.0. The third-order valence-corrected chi connectivity index (χ3v) is 3.99. The number of ether oxygens (including phenoxy) is 1. The molecule has 4 nitrogen and oxygen atoms in total. The Morgan fingerprint density at radius 2 is 1.72 bits per heavy atom. The maximum Gasteiger partial charge on any atom is 0.226 e. The minimum Gasteiger partial charge on any atom is -0.497 e. The largest absolute Gasteiger partial charge is 0.497 e. The lowest BCUT2D eigenvalue weighted by Gasteiger charge is -2.19. The molecule has 0 fully saturated rings. The molecule has 1 aromatic heterocycles. The number of hydrogen-bond donors (Lipinski definition) is 1. The summed E-state index contributed by atoms with van der Waals surface area (Å²) in [5.41, 5.74) is 1.58. The van der Waals surface area contributed by atoms with Gasteiger partial charge in [0.05, 0.1) is 19.6 Å². The van der Waals surface area contributed by atoms with Gasteiger partial charge in [0.15, 0.2) is 0 Å². The Hall–Kier alpha value is -3.08. The molecule has 1 N–H and O–H groups in total. The normalized spacial score (nSPS) is 11.8. The van der Waals surface area contributed by atoms with E-state index in [1.807, 2.05) is 29.1 Å². The summed E-state index contributed by atoms with van der Waals surface area (Å²) in [7, 11) is 1.60. The van der Waals surface area contributed by atoms with Gasteiger partial charge in [0.1, 0.15) is 11.6 Å². The lowest BCUT2D eigenvalue weighted by Crippen LogP contribution is -2.19. The molecule has 1 atom stereocenters. The molecule has 25 heavy (non-hydrogen) atoms. The first-order valence-corrected chi connectivity index (χ1v) is 7.97. The Morgan fingerprint density at radius 1 is 1.08 bits per heavy atom. The summed E-state index contributed by atoms with van der Waals surface area (Å²) in [6.07, 6.45) is 4.04. The fraction of sp³-hybridized carbons (Fsp3) is 0.150. The molecule has 0 saturated heterocycles. The van der Waals surface area contributed by atoms with Gasteiger partial charge < -0.3 is 14.6 Å². The summed E-state index contributed by atoms with van der Waals surface area (Å²) in [6, 6.07) is 17.0. The molecule has 3 aromatic rings. The zero-order valence-corrected chi connectivity index (χ0v) is 13.9. The average molecular weight is 338 g/mol. The Bertz CT molecular complexity index is 812. The van der Waals surface area contributed by atoms with Crippen LogP contribution in [0.25, 0.3) is 0 Å². The number of aromatic nitrogens is 1. The van der Waals surface area contributed by atoms with Crippen molar-refractivity contribution in [2.45, 2.75) is 12.5 Å². The number of carbonyl (C=O) groups excluding carboxylic acids is 1. The SMILES string of the molecule is COc1ccc(NC(=O)CC(c2ccc(F)cc2)n2cccc2)cc1. The second kappa shape index (κ2) is 7.66. The van der Waals surface area contributed by atoms with E-state index in [0.29, 0.717) is 5.69 Å². The summed E-state index contributed by atoms with van der Waals surface area (Å²) in [5.74, 6) is 0.320. The van der Waals surface area contributed by atoms with Crippen molar-refractivity contribution in [1.29, 1.82) is 0 Å². The van der Waals surface area contributed by atoms with Crippen molar-refractivity contribution >= 4 is 11.6 Å². The van der Waals surface area contributed by atoms with Gasteiger partial charge in [0.25, 0.3) is 0 Å². The zero-order valence-electron chi connectivity index (χ0n) is 13.9. The van der Waals surface area contributed by atoms with E-state index in [-0.39, 0.29) is 24.2 Å². The number of anilines is 1. The third kappa shape index (κ3) is 4.26. The van der Waals surface area contributed by atoms with Crippen molar-refractivity contribution in [1.82, 2.24) is 4.57 Å². The van der Waals surface area contributed by atoms with Crippen LogP contribution in [0.15, 0.2) is 73.1 Å². The van der Waals surface area contributed by atoms with Crippen LogP contribution in [0.4, 0.5) is 10.1 Å². The molecule has 0 spiro atoms. The second-order valence-electron chi connectivity index (χ2n) is 5.68. The van der Waals surface area contributed by atoms with Crippen LogP contribution in [-0.4, -0.2) is 17.6 Å². The number of carbonyl (C=O) groups is 1. The number of rotatable bonds is 6. The van der Waals surface area contributed by atoms with Gasteiger partial charge in [-0.3, -0.25) is 4.79 Å². The molecule has 0 radical (unpaired) electrons. The van der Waals surface area contributed by atoms with Crippen LogP contribution in [0.2, 0.25) is 0 Å². The van der Waals surface area contributed by atoms with Gasteiger partial charge in [0, 0.05) is 18.1 Å². The van der Waals surface area contributed by atoms with Crippen LogP contribution in [0, 0.1) is 5.82 Å². The molecule has 0 aliphatic carbocycles. The maximum atomic E-state index is 13.2. The van der Waals surface area contributed by atoms with Crippen molar-refractivity contribution in [3.05, 3.63) is 84.4 Å². The summed E-state index contributed by atoms with van der Waals surface area (Å²) >= 11 is 0. The van der Waals surface area contributed by atoms with Crippen LogP contribution in [0.5, 0.6) is 5.75 Å². The number of methoxy groups -OCH3 is 1. The van der Waals surface area contributed by atoms with E-state index in [0.717, 1.165) is 11.3 Å². The molecule has 2 aromatic carbocycles. The molecule has 1 amide bonds. The van der Waals surface area contributed by atoms with Gasteiger partial charge in [-0.1, -0.05) is 12.1 Å². The first kappa shape index (κ1) is 16.8. The number of hydrogen-bond acceptors (Lipinski definition) is 2.